The zero-order valence-electron chi connectivity index (χ0n) is 16.8. The molecule has 0 aliphatic carbocycles. The van der Waals surface area contributed by atoms with Gasteiger partial charge in [0.25, 0.3) is 5.69 Å². The maximum absolute atomic E-state index is 11.0. The molecule has 31 heavy (non-hydrogen) atoms. The van der Waals surface area contributed by atoms with Crippen LogP contribution in [0.25, 0.3) is 11.1 Å². The highest BCUT2D eigenvalue weighted by atomic mass is 16.6. The standard InChI is InChI=1S/C24H19N5O2/c1-16-23(18-7-3-2-4-8-18)24-26-21(17-10-12-19(13-11-17)29(30)31)15-22(28(24)27-16)20-9-5-6-14-25-20/h2-14,22H,15H2,1H3. The average molecular weight is 409 g/mol. The van der Waals surface area contributed by atoms with Crippen LogP contribution in [0.2, 0.25) is 0 Å². The average Bonchev–Trinajstić information content (AvgIpc) is 3.15. The number of pyridine rings is 1. The highest BCUT2D eigenvalue weighted by molar-refractivity contribution is 6.04. The van der Waals surface area contributed by atoms with Crippen LogP contribution in [0.3, 0.4) is 0 Å². The lowest BCUT2D eigenvalue weighted by Crippen LogP contribution is -2.22. The van der Waals surface area contributed by atoms with Crippen molar-refractivity contribution < 1.29 is 4.92 Å². The molecule has 5 rings (SSSR count). The molecule has 1 unspecified atom stereocenters. The predicted octanol–water partition coefficient (Wildman–Crippen LogP) is 5.28. The van der Waals surface area contributed by atoms with Crippen LogP contribution >= 0.6 is 0 Å². The van der Waals surface area contributed by atoms with E-state index in [4.69, 9.17) is 10.1 Å². The lowest BCUT2D eigenvalue weighted by molar-refractivity contribution is -0.384. The van der Waals surface area contributed by atoms with Gasteiger partial charge in [-0.2, -0.15) is 5.10 Å². The Morgan fingerprint density at radius 1 is 0.968 bits per heavy atom. The van der Waals surface area contributed by atoms with Crippen molar-refractivity contribution in [2.24, 2.45) is 4.99 Å². The predicted molar refractivity (Wildman–Crippen MR) is 119 cm³/mol. The van der Waals surface area contributed by atoms with E-state index in [9.17, 15) is 10.1 Å². The van der Waals surface area contributed by atoms with Crippen molar-refractivity contribution in [3.8, 4) is 11.1 Å². The van der Waals surface area contributed by atoms with Crippen molar-refractivity contribution in [3.63, 3.8) is 0 Å². The van der Waals surface area contributed by atoms with Crippen LogP contribution in [-0.4, -0.2) is 25.4 Å². The van der Waals surface area contributed by atoms with E-state index in [0.29, 0.717) is 6.42 Å². The molecule has 0 spiro atoms. The second kappa shape index (κ2) is 7.60. The normalized spacial score (nSPS) is 15.3. The molecule has 0 radical (unpaired) electrons. The third kappa shape index (κ3) is 3.40. The summed E-state index contributed by atoms with van der Waals surface area (Å²) in [6.07, 6.45) is 2.37. The number of nitro benzene ring substituents is 1. The van der Waals surface area contributed by atoms with Gasteiger partial charge in [-0.1, -0.05) is 36.4 Å². The van der Waals surface area contributed by atoms with Crippen molar-refractivity contribution in [3.05, 3.63) is 106 Å². The van der Waals surface area contributed by atoms with E-state index in [1.807, 2.05) is 48.0 Å². The molecule has 7 nitrogen and oxygen atoms in total. The number of aliphatic imine (C=N–C) groups is 1. The number of nitrogens with zero attached hydrogens (tertiary/aromatic N) is 5. The van der Waals surface area contributed by atoms with Gasteiger partial charge in [0, 0.05) is 30.3 Å². The van der Waals surface area contributed by atoms with Gasteiger partial charge in [0.15, 0.2) is 5.82 Å². The molecule has 1 atom stereocenters. The first-order chi connectivity index (χ1) is 15.1. The Morgan fingerprint density at radius 3 is 2.39 bits per heavy atom. The molecule has 2 aromatic carbocycles. The van der Waals surface area contributed by atoms with Gasteiger partial charge >= 0.3 is 0 Å². The van der Waals surface area contributed by atoms with Crippen LogP contribution in [0.1, 0.15) is 29.4 Å². The third-order valence-corrected chi connectivity index (χ3v) is 5.49. The second-order valence-corrected chi connectivity index (χ2v) is 7.43. The SMILES string of the molecule is Cc1nn2c(c1-c1ccccc1)N=C(c1ccc([N+](=O)[O-])cc1)CC2c1ccccn1. The highest BCUT2D eigenvalue weighted by Gasteiger charge is 2.30. The van der Waals surface area contributed by atoms with Crippen molar-refractivity contribution >= 4 is 17.2 Å². The van der Waals surface area contributed by atoms with E-state index in [1.165, 1.54) is 12.1 Å². The zero-order valence-corrected chi connectivity index (χ0v) is 16.8. The monoisotopic (exact) mass is 409 g/mol. The lowest BCUT2D eigenvalue weighted by Gasteiger charge is -2.24. The van der Waals surface area contributed by atoms with Gasteiger partial charge in [-0.3, -0.25) is 15.1 Å². The summed E-state index contributed by atoms with van der Waals surface area (Å²) >= 11 is 0. The Labute approximate surface area is 178 Å². The summed E-state index contributed by atoms with van der Waals surface area (Å²) in [5.41, 5.74) is 5.62. The highest BCUT2D eigenvalue weighted by Crippen LogP contribution is 2.41. The summed E-state index contributed by atoms with van der Waals surface area (Å²) < 4.78 is 1.95. The van der Waals surface area contributed by atoms with Gasteiger partial charge in [-0.15, -0.1) is 0 Å². The Bertz CT molecular complexity index is 1280. The first-order valence-electron chi connectivity index (χ1n) is 9.99. The van der Waals surface area contributed by atoms with Gasteiger partial charge in [-0.05, 0) is 42.3 Å². The van der Waals surface area contributed by atoms with Crippen LogP contribution in [0, 0.1) is 17.0 Å². The number of aromatic nitrogens is 3. The molecule has 152 valence electrons. The number of benzene rings is 2. The summed E-state index contributed by atoms with van der Waals surface area (Å²) in [6, 6.07) is 22.4. The minimum atomic E-state index is -0.394. The topological polar surface area (TPSA) is 86.2 Å². The van der Waals surface area contributed by atoms with Crippen molar-refractivity contribution in [2.75, 3.05) is 0 Å². The molecule has 7 heteroatoms. The number of hydrogen-bond acceptors (Lipinski definition) is 5. The first-order valence-corrected chi connectivity index (χ1v) is 9.99. The Kier molecular flexibility index (Phi) is 4.63. The fraction of sp³-hybridized carbons (Fsp3) is 0.125. The van der Waals surface area contributed by atoms with Gasteiger partial charge in [-0.25, -0.2) is 9.67 Å². The lowest BCUT2D eigenvalue weighted by atomic mass is 9.97. The Balaban J connectivity index is 1.69. The summed E-state index contributed by atoms with van der Waals surface area (Å²) in [7, 11) is 0. The number of nitro groups is 1. The third-order valence-electron chi connectivity index (χ3n) is 5.49. The van der Waals surface area contributed by atoms with Crippen LogP contribution in [-0.2, 0) is 0 Å². The molecule has 0 bridgehead atoms. The first kappa shape index (κ1) is 18.9. The molecule has 0 N–H and O–H groups in total. The fourth-order valence-electron chi connectivity index (χ4n) is 4.01. The van der Waals surface area contributed by atoms with Crippen LogP contribution in [0.4, 0.5) is 11.5 Å². The molecule has 0 saturated heterocycles. The summed E-state index contributed by atoms with van der Waals surface area (Å²) in [5.74, 6) is 0.777. The number of rotatable bonds is 4. The van der Waals surface area contributed by atoms with Crippen molar-refractivity contribution in [1.29, 1.82) is 0 Å². The number of fused-ring (bicyclic) bond motifs is 1. The molecule has 3 heterocycles. The Morgan fingerprint density at radius 2 is 1.71 bits per heavy atom. The molecule has 1 aliphatic heterocycles. The summed E-state index contributed by atoms with van der Waals surface area (Å²) in [5, 5.41) is 15.9. The van der Waals surface area contributed by atoms with Crippen LogP contribution in [0.5, 0.6) is 0 Å². The van der Waals surface area contributed by atoms with Crippen molar-refractivity contribution in [1.82, 2.24) is 14.8 Å². The largest absolute Gasteiger partial charge is 0.269 e. The van der Waals surface area contributed by atoms with E-state index >= 15 is 0 Å². The maximum atomic E-state index is 11.0. The second-order valence-electron chi connectivity index (χ2n) is 7.43. The quantitative estimate of drug-likeness (QED) is 0.339. The van der Waals surface area contributed by atoms with Gasteiger partial charge in [0.1, 0.15) is 6.04 Å². The van der Waals surface area contributed by atoms with Gasteiger partial charge in [0.05, 0.1) is 22.0 Å². The minimum Gasteiger partial charge on any atom is -0.259 e. The summed E-state index contributed by atoms with van der Waals surface area (Å²) in [4.78, 5) is 20.2. The molecular formula is C24H19N5O2. The molecular weight excluding hydrogens is 390 g/mol. The van der Waals surface area contributed by atoms with E-state index in [-0.39, 0.29) is 11.7 Å². The number of non-ortho nitro benzene ring substituents is 1. The summed E-state index contributed by atoms with van der Waals surface area (Å²) in [6.45, 7) is 1.99. The minimum absolute atomic E-state index is 0.0623. The maximum Gasteiger partial charge on any atom is 0.269 e. The van der Waals surface area contributed by atoms with E-state index < -0.39 is 4.92 Å². The molecule has 0 amide bonds. The molecule has 4 aromatic rings. The van der Waals surface area contributed by atoms with Gasteiger partial charge in [0.2, 0.25) is 0 Å². The Hall–Kier alpha value is -4.13. The van der Waals surface area contributed by atoms with E-state index in [1.54, 1.807) is 18.3 Å². The van der Waals surface area contributed by atoms with Gasteiger partial charge < -0.3 is 0 Å². The molecule has 2 aromatic heterocycles. The zero-order chi connectivity index (χ0) is 21.4. The number of aryl methyl sites for hydroxylation is 1. The van der Waals surface area contributed by atoms with Crippen molar-refractivity contribution in [2.45, 2.75) is 19.4 Å². The van der Waals surface area contributed by atoms with E-state index in [0.717, 1.165) is 39.6 Å². The molecule has 1 aliphatic rings. The smallest absolute Gasteiger partial charge is 0.259 e. The molecule has 0 fully saturated rings. The van der Waals surface area contributed by atoms with Crippen LogP contribution < -0.4 is 0 Å². The van der Waals surface area contributed by atoms with E-state index in [2.05, 4.69) is 17.1 Å². The van der Waals surface area contributed by atoms with Crippen LogP contribution in [0.15, 0.2) is 84.0 Å². The number of hydrogen-bond donors (Lipinski definition) is 0. The fourth-order valence-corrected chi connectivity index (χ4v) is 4.01. The molecule has 0 saturated carbocycles.